The molecule has 20 heavy (non-hydrogen) atoms. The standard InChI is InChI=1S/C18H17FO/c19-17-12-15-9-5-4-8-14(15)11-16(17)18(20)10-13-6-2-1-3-7-13/h1-3,6-7,11-12H,4-5,8-10H2. The SMILES string of the molecule is O=C(Cc1ccccc1)c1cc2c(cc1F)CCCC2. The van der Waals surface area contributed by atoms with Crippen molar-refractivity contribution in [1.29, 1.82) is 0 Å². The summed E-state index contributed by atoms with van der Waals surface area (Å²) < 4.78 is 14.1. The molecule has 0 saturated heterocycles. The number of halogens is 1. The molecule has 3 rings (SSSR count). The number of fused-ring (bicyclic) bond motifs is 1. The van der Waals surface area contributed by atoms with E-state index in [0.717, 1.165) is 42.4 Å². The van der Waals surface area contributed by atoms with Crippen molar-refractivity contribution >= 4 is 5.78 Å². The van der Waals surface area contributed by atoms with E-state index in [1.54, 1.807) is 12.1 Å². The van der Waals surface area contributed by atoms with Gasteiger partial charge in [0.2, 0.25) is 0 Å². The minimum absolute atomic E-state index is 0.137. The van der Waals surface area contributed by atoms with E-state index in [1.165, 1.54) is 0 Å². The van der Waals surface area contributed by atoms with Gasteiger partial charge in [-0.1, -0.05) is 30.3 Å². The smallest absolute Gasteiger partial charge is 0.170 e. The fraction of sp³-hybridized carbons (Fsp3) is 0.278. The number of Topliss-reactive ketones (excluding diaryl/α,β-unsaturated/α-hetero) is 1. The lowest BCUT2D eigenvalue weighted by atomic mass is 9.89. The van der Waals surface area contributed by atoms with Crippen LogP contribution < -0.4 is 0 Å². The first-order valence-corrected chi connectivity index (χ1v) is 7.12. The van der Waals surface area contributed by atoms with E-state index in [9.17, 15) is 9.18 Å². The molecule has 0 unspecified atom stereocenters. The molecule has 0 heterocycles. The monoisotopic (exact) mass is 268 g/mol. The van der Waals surface area contributed by atoms with Crippen molar-refractivity contribution in [2.45, 2.75) is 32.1 Å². The lowest BCUT2D eigenvalue weighted by Gasteiger charge is -2.17. The number of carbonyl (C=O) groups is 1. The summed E-state index contributed by atoms with van der Waals surface area (Å²) in [5.74, 6) is -0.506. The summed E-state index contributed by atoms with van der Waals surface area (Å²) in [5.41, 5.74) is 3.39. The highest BCUT2D eigenvalue weighted by atomic mass is 19.1. The van der Waals surface area contributed by atoms with E-state index in [1.807, 2.05) is 30.3 Å². The van der Waals surface area contributed by atoms with Crippen LogP contribution in [0.15, 0.2) is 42.5 Å². The number of rotatable bonds is 3. The Bertz CT molecular complexity index is 631. The molecule has 2 heteroatoms. The first kappa shape index (κ1) is 13.0. The zero-order chi connectivity index (χ0) is 13.9. The molecule has 2 aromatic rings. The van der Waals surface area contributed by atoms with Crippen LogP contribution in [-0.2, 0) is 19.3 Å². The number of hydrogen-bond acceptors (Lipinski definition) is 1. The second kappa shape index (κ2) is 5.58. The molecule has 1 aliphatic rings. The van der Waals surface area contributed by atoms with Crippen LogP contribution in [0.1, 0.15) is 39.9 Å². The van der Waals surface area contributed by atoms with Gasteiger partial charge in [0, 0.05) is 6.42 Å². The molecule has 0 bridgehead atoms. The highest BCUT2D eigenvalue weighted by molar-refractivity contribution is 5.98. The fourth-order valence-corrected chi connectivity index (χ4v) is 2.85. The molecule has 1 aliphatic carbocycles. The van der Waals surface area contributed by atoms with Crippen LogP contribution in [0.4, 0.5) is 4.39 Å². The summed E-state index contributed by atoms with van der Waals surface area (Å²) in [6, 6.07) is 12.8. The van der Waals surface area contributed by atoms with Gasteiger partial charge in [0.1, 0.15) is 5.82 Å². The van der Waals surface area contributed by atoms with Crippen LogP contribution in [0.2, 0.25) is 0 Å². The number of ketones is 1. The van der Waals surface area contributed by atoms with Gasteiger partial charge < -0.3 is 0 Å². The molecule has 0 amide bonds. The highest BCUT2D eigenvalue weighted by Crippen LogP contribution is 2.25. The van der Waals surface area contributed by atoms with Crippen molar-refractivity contribution in [2.75, 3.05) is 0 Å². The van der Waals surface area contributed by atoms with E-state index < -0.39 is 0 Å². The zero-order valence-corrected chi connectivity index (χ0v) is 11.4. The summed E-state index contributed by atoms with van der Waals surface area (Å²) in [7, 11) is 0. The quantitative estimate of drug-likeness (QED) is 0.765. The number of hydrogen-bond donors (Lipinski definition) is 0. The summed E-state index contributed by atoms with van der Waals surface area (Å²) in [6.07, 6.45) is 4.39. The minimum atomic E-state index is -0.369. The van der Waals surface area contributed by atoms with Gasteiger partial charge in [0.05, 0.1) is 5.56 Å². The third-order valence-corrected chi connectivity index (χ3v) is 3.94. The molecule has 102 valence electrons. The van der Waals surface area contributed by atoms with Crippen molar-refractivity contribution in [3.8, 4) is 0 Å². The third kappa shape index (κ3) is 2.64. The summed E-state index contributed by atoms with van der Waals surface area (Å²) in [5, 5.41) is 0. The largest absolute Gasteiger partial charge is 0.294 e. The van der Waals surface area contributed by atoms with Gasteiger partial charge in [-0.05, 0) is 54.5 Å². The maximum absolute atomic E-state index is 14.1. The van der Waals surface area contributed by atoms with Gasteiger partial charge in [0.15, 0.2) is 5.78 Å². The summed E-state index contributed by atoms with van der Waals surface area (Å²) in [4.78, 5) is 12.3. The Balaban J connectivity index is 1.88. The van der Waals surface area contributed by atoms with Crippen molar-refractivity contribution < 1.29 is 9.18 Å². The van der Waals surface area contributed by atoms with Gasteiger partial charge in [-0.2, -0.15) is 0 Å². The average molecular weight is 268 g/mol. The van der Waals surface area contributed by atoms with Crippen LogP contribution in [0.3, 0.4) is 0 Å². The molecule has 0 radical (unpaired) electrons. The molecule has 0 aliphatic heterocycles. The molecule has 1 nitrogen and oxygen atoms in total. The van der Waals surface area contributed by atoms with E-state index >= 15 is 0 Å². The Morgan fingerprint density at radius 1 is 1.00 bits per heavy atom. The van der Waals surface area contributed by atoms with E-state index in [0.29, 0.717) is 0 Å². The van der Waals surface area contributed by atoms with Gasteiger partial charge in [-0.15, -0.1) is 0 Å². The van der Waals surface area contributed by atoms with Gasteiger partial charge in [-0.25, -0.2) is 4.39 Å². The topological polar surface area (TPSA) is 17.1 Å². The lowest BCUT2D eigenvalue weighted by Crippen LogP contribution is -2.11. The van der Waals surface area contributed by atoms with Crippen LogP contribution in [0.25, 0.3) is 0 Å². The Morgan fingerprint density at radius 2 is 1.65 bits per heavy atom. The van der Waals surface area contributed by atoms with Crippen molar-refractivity contribution in [2.24, 2.45) is 0 Å². The van der Waals surface area contributed by atoms with Crippen LogP contribution >= 0.6 is 0 Å². The van der Waals surface area contributed by atoms with Crippen LogP contribution in [0.5, 0.6) is 0 Å². The summed E-state index contributed by atoms with van der Waals surface area (Å²) in [6.45, 7) is 0. The van der Waals surface area contributed by atoms with Crippen LogP contribution in [-0.4, -0.2) is 5.78 Å². The first-order valence-electron chi connectivity index (χ1n) is 7.12. The highest BCUT2D eigenvalue weighted by Gasteiger charge is 2.17. The number of aryl methyl sites for hydroxylation is 2. The lowest BCUT2D eigenvalue weighted by molar-refractivity contribution is 0.0989. The molecule has 0 spiro atoms. The van der Waals surface area contributed by atoms with Crippen molar-refractivity contribution in [3.05, 3.63) is 70.5 Å². The second-order valence-electron chi connectivity index (χ2n) is 5.39. The second-order valence-corrected chi connectivity index (χ2v) is 5.39. The molecule has 0 N–H and O–H groups in total. The van der Waals surface area contributed by atoms with Crippen molar-refractivity contribution in [1.82, 2.24) is 0 Å². The van der Waals surface area contributed by atoms with Crippen molar-refractivity contribution in [3.63, 3.8) is 0 Å². The maximum atomic E-state index is 14.1. The molecular formula is C18H17FO. The predicted molar refractivity (Wildman–Crippen MR) is 77.5 cm³/mol. The van der Waals surface area contributed by atoms with E-state index in [-0.39, 0.29) is 23.6 Å². The molecule has 0 saturated carbocycles. The van der Waals surface area contributed by atoms with Gasteiger partial charge in [0.25, 0.3) is 0 Å². The Kier molecular flexibility index (Phi) is 3.64. The maximum Gasteiger partial charge on any atom is 0.170 e. The van der Waals surface area contributed by atoms with Crippen LogP contribution in [0, 0.1) is 5.82 Å². The molecule has 0 aromatic heterocycles. The van der Waals surface area contributed by atoms with Gasteiger partial charge in [-0.3, -0.25) is 4.79 Å². The Morgan fingerprint density at radius 3 is 2.35 bits per heavy atom. The predicted octanol–water partition coefficient (Wildman–Crippen LogP) is 4.13. The molecule has 2 aromatic carbocycles. The minimum Gasteiger partial charge on any atom is -0.294 e. The fourth-order valence-electron chi connectivity index (χ4n) is 2.85. The zero-order valence-electron chi connectivity index (χ0n) is 11.4. The molecule has 0 atom stereocenters. The Labute approximate surface area is 118 Å². The first-order chi connectivity index (χ1) is 9.74. The molecular weight excluding hydrogens is 251 g/mol. The molecule has 0 fully saturated rings. The third-order valence-electron chi connectivity index (χ3n) is 3.94. The Hall–Kier alpha value is -1.96. The average Bonchev–Trinajstić information content (AvgIpc) is 2.47. The van der Waals surface area contributed by atoms with Gasteiger partial charge >= 0.3 is 0 Å². The number of benzene rings is 2. The normalized spacial score (nSPS) is 13.8. The van der Waals surface area contributed by atoms with E-state index in [4.69, 9.17) is 0 Å². The number of carbonyl (C=O) groups excluding carboxylic acids is 1. The van der Waals surface area contributed by atoms with E-state index in [2.05, 4.69) is 0 Å². The summed E-state index contributed by atoms with van der Waals surface area (Å²) >= 11 is 0.